The number of benzene rings is 2. The van der Waals surface area contributed by atoms with Crippen LogP contribution in [0.1, 0.15) is 11.1 Å². The molecule has 0 unspecified atom stereocenters. The van der Waals surface area contributed by atoms with E-state index in [1.807, 2.05) is 42.5 Å². The molecule has 0 heterocycles. The summed E-state index contributed by atoms with van der Waals surface area (Å²) in [6.07, 6.45) is 0. The van der Waals surface area contributed by atoms with Crippen LogP contribution >= 0.6 is 39.3 Å². The molecule has 0 radical (unpaired) electrons. The standard InChI is InChI=1S/C14H12BrClN2OS/c15-10-3-6-13(12(7-10)14(17)18-19)20-8-9-1-4-11(16)5-2-9/h1-7,19H,8H2,(H2,17,18). The maximum absolute atomic E-state index is 8.84. The molecule has 0 atom stereocenters. The van der Waals surface area contributed by atoms with Gasteiger partial charge in [-0.3, -0.25) is 0 Å². The average Bonchev–Trinajstić information content (AvgIpc) is 2.46. The minimum atomic E-state index is 0.102. The predicted molar refractivity (Wildman–Crippen MR) is 87.7 cm³/mol. The number of nitrogens with zero attached hydrogens (tertiary/aromatic N) is 1. The van der Waals surface area contributed by atoms with Crippen LogP contribution in [0.15, 0.2) is 57.0 Å². The quantitative estimate of drug-likeness (QED) is 0.274. The van der Waals surface area contributed by atoms with Gasteiger partial charge in [0.25, 0.3) is 0 Å². The van der Waals surface area contributed by atoms with Crippen molar-refractivity contribution in [1.29, 1.82) is 0 Å². The Kier molecular flexibility index (Phi) is 5.34. The fourth-order valence-corrected chi connectivity index (χ4v) is 3.11. The van der Waals surface area contributed by atoms with Crippen LogP contribution in [-0.4, -0.2) is 11.0 Å². The predicted octanol–water partition coefficient (Wildman–Crippen LogP) is 4.49. The van der Waals surface area contributed by atoms with E-state index in [1.54, 1.807) is 11.8 Å². The monoisotopic (exact) mass is 370 g/mol. The van der Waals surface area contributed by atoms with Crippen LogP contribution in [0, 0.1) is 0 Å². The molecule has 3 N–H and O–H groups in total. The van der Waals surface area contributed by atoms with Gasteiger partial charge in [0.15, 0.2) is 5.84 Å². The number of thioether (sulfide) groups is 1. The summed E-state index contributed by atoms with van der Waals surface area (Å²) in [6, 6.07) is 13.4. The molecule has 0 saturated carbocycles. The first-order valence-electron chi connectivity index (χ1n) is 5.75. The first kappa shape index (κ1) is 15.2. The van der Waals surface area contributed by atoms with Gasteiger partial charge in [-0.05, 0) is 35.9 Å². The summed E-state index contributed by atoms with van der Waals surface area (Å²) in [5.74, 6) is 0.884. The molecule has 2 rings (SSSR count). The van der Waals surface area contributed by atoms with Gasteiger partial charge in [-0.1, -0.05) is 44.8 Å². The second kappa shape index (κ2) is 7.02. The van der Waals surface area contributed by atoms with E-state index in [2.05, 4.69) is 21.1 Å². The first-order chi connectivity index (χ1) is 9.60. The van der Waals surface area contributed by atoms with Crippen LogP contribution in [0.5, 0.6) is 0 Å². The number of nitrogens with two attached hydrogens (primary N) is 1. The summed E-state index contributed by atoms with van der Waals surface area (Å²) in [4.78, 5) is 0.957. The van der Waals surface area contributed by atoms with E-state index in [-0.39, 0.29) is 5.84 Å². The molecule has 6 heteroatoms. The van der Waals surface area contributed by atoms with E-state index in [9.17, 15) is 0 Å². The molecule has 3 nitrogen and oxygen atoms in total. The van der Waals surface area contributed by atoms with Gasteiger partial charge in [0.2, 0.25) is 0 Å². The average molecular weight is 372 g/mol. The van der Waals surface area contributed by atoms with Crippen molar-refractivity contribution in [3.05, 3.63) is 63.1 Å². The van der Waals surface area contributed by atoms with E-state index in [1.165, 1.54) is 0 Å². The normalized spacial score (nSPS) is 11.6. The van der Waals surface area contributed by atoms with Crippen LogP contribution in [0.4, 0.5) is 0 Å². The third-order valence-corrected chi connectivity index (χ3v) is 4.52. The number of hydrogen-bond donors (Lipinski definition) is 2. The largest absolute Gasteiger partial charge is 0.409 e. The molecular formula is C14H12BrClN2OS. The highest BCUT2D eigenvalue weighted by Crippen LogP contribution is 2.29. The summed E-state index contributed by atoms with van der Waals surface area (Å²) in [5.41, 5.74) is 7.57. The van der Waals surface area contributed by atoms with E-state index >= 15 is 0 Å². The third kappa shape index (κ3) is 3.91. The zero-order valence-electron chi connectivity index (χ0n) is 10.4. The number of amidine groups is 1. The molecule has 0 fully saturated rings. The van der Waals surface area contributed by atoms with Crippen molar-refractivity contribution < 1.29 is 5.21 Å². The lowest BCUT2D eigenvalue weighted by atomic mass is 10.2. The Labute approximate surface area is 134 Å². The number of hydrogen-bond acceptors (Lipinski definition) is 3. The van der Waals surface area contributed by atoms with E-state index < -0.39 is 0 Å². The zero-order valence-corrected chi connectivity index (χ0v) is 13.5. The summed E-state index contributed by atoms with van der Waals surface area (Å²) in [7, 11) is 0. The molecule has 0 aliphatic carbocycles. The van der Waals surface area contributed by atoms with Gasteiger partial charge < -0.3 is 10.9 Å². The molecule has 2 aromatic rings. The van der Waals surface area contributed by atoms with E-state index in [0.29, 0.717) is 5.56 Å². The minimum absolute atomic E-state index is 0.102. The van der Waals surface area contributed by atoms with Crippen LogP contribution in [0.3, 0.4) is 0 Å². The van der Waals surface area contributed by atoms with Crippen LogP contribution in [-0.2, 0) is 5.75 Å². The topological polar surface area (TPSA) is 58.6 Å². The Morgan fingerprint density at radius 1 is 1.25 bits per heavy atom. The lowest BCUT2D eigenvalue weighted by Crippen LogP contribution is -2.14. The summed E-state index contributed by atoms with van der Waals surface area (Å²) in [5, 5.41) is 12.6. The molecular weight excluding hydrogens is 360 g/mol. The van der Waals surface area contributed by atoms with E-state index in [4.69, 9.17) is 22.5 Å². The van der Waals surface area contributed by atoms with Crippen molar-refractivity contribution in [1.82, 2.24) is 0 Å². The lowest BCUT2D eigenvalue weighted by molar-refractivity contribution is 0.318. The molecule has 2 aromatic carbocycles. The van der Waals surface area contributed by atoms with Crippen LogP contribution < -0.4 is 5.73 Å². The van der Waals surface area contributed by atoms with Crippen LogP contribution in [0.2, 0.25) is 5.02 Å². The molecule has 0 aliphatic rings. The van der Waals surface area contributed by atoms with Crippen LogP contribution in [0.25, 0.3) is 0 Å². The van der Waals surface area contributed by atoms with Crippen molar-refractivity contribution in [2.24, 2.45) is 10.9 Å². The van der Waals surface area contributed by atoms with Gasteiger partial charge in [0.1, 0.15) is 0 Å². The number of oxime groups is 1. The van der Waals surface area contributed by atoms with Gasteiger partial charge in [-0.2, -0.15) is 0 Å². The molecule has 104 valence electrons. The summed E-state index contributed by atoms with van der Waals surface area (Å²) >= 11 is 10.9. The lowest BCUT2D eigenvalue weighted by Gasteiger charge is -2.09. The molecule has 20 heavy (non-hydrogen) atoms. The third-order valence-electron chi connectivity index (χ3n) is 2.63. The molecule has 0 aromatic heterocycles. The molecule has 0 saturated heterocycles. The fourth-order valence-electron chi connectivity index (χ4n) is 1.62. The Balaban J connectivity index is 2.19. The maximum Gasteiger partial charge on any atom is 0.171 e. The number of rotatable bonds is 4. The highest BCUT2D eigenvalue weighted by Gasteiger charge is 2.09. The van der Waals surface area contributed by atoms with Gasteiger partial charge in [-0.25, -0.2) is 0 Å². The second-order valence-electron chi connectivity index (χ2n) is 4.04. The Morgan fingerprint density at radius 3 is 2.60 bits per heavy atom. The van der Waals surface area contributed by atoms with Crippen molar-refractivity contribution in [2.75, 3.05) is 0 Å². The van der Waals surface area contributed by atoms with Gasteiger partial charge >= 0.3 is 0 Å². The van der Waals surface area contributed by atoms with Crippen molar-refractivity contribution in [3.8, 4) is 0 Å². The highest BCUT2D eigenvalue weighted by molar-refractivity contribution is 9.10. The van der Waals surface area contributed by atoms with Crippen molar-refractivity contribution in [3.63, 3.8) is 0 Å². The van der Waals surface area contributed by atoms with Gasteiger partial charge in [-0.15, -0.1) is 11.8 Å². The SMILES string of the molecule is N/C(=N/O)c1cc(Br)ccc1SCc1ccc(Cl)cc1. The minimum Gasteiger partial charge on any atom is -0.409 e. The van der Waals surface area contributed by atoms with Gasteiger partial charge in [0, 0.05) is 25.7 Å². The second-order valence-corrected chi connectivity index (χ2v) is 6.41. The zero-order chi connectivity index (χ0) is 14.5. The molecule has 0 bridgehead atoms. The van der Waals surface area contributed by atoms with E-state index in [0.717, 1.165) is 25.7 Å². The smallest absolute Gasteiger partial charge is 0.171 e. The van der Waals surface area contributed by atoms with Crippen molar-refractivity contribution >= 4 is 45.1 Å². The summed E-state index contributed by atoms with van der Waals surface area (Å²) < 4.78 is 0.884. The van der Waals surface area contributed by atoms with Crippen molar-refractivity contribution in [2.45, 2.75) is 10.6 Å². The fraction of sp³-hybridized carbons (Fsp3) is 0.0714. The Hall–Kier alpha value is -1.17. The number of halogens is 2. The maximum atomic E-state index is 8.84. The first-order valence-corrected chi connectivity index (χ1v) is 7.90. The Morgan fingerprint density at radius 2 is 1.95 bits per heavy atom. The highest BCUT2D eigenvalue weighted by atomic mass is 79.9. The summed E-state index contributed by atoms with van der Waals surface area (Å²) in [6.45, 7) is 0. The van der Waals surface area contributed by atoms with Gasteiger partial charge in [0.05, 0.1) is 0 Å². The Bertz CT molecular complexity index is 632. The molecule has 0 spiro atoms. The molecule has 0 aliphatic heterocycles. The molecule has 0 amide bonds.